The van der Waals surface area contributed by atoms with Gasteiger partial charge < -0.3 is 0 Å². The van der Waals surface area contributed by atoms with Crippen LogP contribution in [0.15, 0.2) is 72.8 Å². The van der Waals surface area contributed by atoms with Crippen molar-refractivity contribution in [3.8, 4) is 0 Å². The van der Waals surface area contributed by atoms with Crippen LogP contribution in [0.3, 0.4) is 0 Å². The summed E-state index contributed by atoms with van der Waals surface area (Å²) >= 11 is 1.65. The Labute approximate surface area is 186 Å². The van der Waals surface area contributed by atoms with Crippen LogP contribution in [0, 0.1) is 17.9 Å². The first kappa shape index (κ1) is 22.8. The fourth-order valence-corrected chi connectivity index (χ4v) is 5.32. The average Bonchev–Trinajstić information content (AvgIpc) is 3.32. The van der Waals surface area contributed by atoms with Crippen molar-refractivity contribution in [1.82, 2.24) is 0 Å². The van der Waals surface area contributed by atoms with Gasteiger partial charge in [0, 0.05) is 0 Å². The van der Waals surface area contributed by atoms with Gasteiger partial charge >= 0.3 is 79.8 Å². The molecule has 0 saturated heterocycles. The van der Waals surface area contributed by atoms with E-state index >= 15 is 0 Å². The van der Waals surface area contributed by atoms with Crippen LogP contribution in [-0.2, 0) is 24.2 Å². The molecule has 1 aliphatic rings. The molecule has 0 fully saturated rings. The summed E-state index contributed by atoms with van der Waals surface area (Å²) in [6.45, 7) is 9.18. The van der Waals surface area contributed by atoms with E-state index in [0.717, 1.165) is 18.3 Å². The summed E-state index contributed by atoms with van der Waals surface area (Å²) in [6.07, 6.45) is 12.7. The first-order chi connectivity index (χ1) is 13.5. The van der Waals surface area contributed by atoms with Crippen LogP contribution in [0.25, 0.3) is 21.5 Å². The standard InChI is InChI=1S/C13H9.C9H18.C5H5.Zr/c1-3-7-12-10(5-1)9-11-6-2-4-8-13(11)12;1-8(2)6-5-7-9(3)4;1-2-4-5-3-1;/h1-9H;8-9H,6-7H2,1-4H3;1-3H,4H2;/q-1;;-1;+2. The minimum atomic E-state index is 0.855. The molecule has 0 amide bonds. The van der Waals surface area contributed by atoms with Crippen LogP contribution in [0.2, 0.25) is 0 Å². The number of fused-ring (bicyclic) bond motifs is 3. The van der Waals surface area contributed by atoms with E-state index in [1.807, 2.05) is 12.2 Å². The summed E-state index contributed by atoms with van der Waals surface area (Å²) in [4.78, 5) is 0. The zero-order valence-corrected chi connectivity index (χ0v) is 20.2. The molecule has 28 heavy (non-hydrogen) atoms. The van der Waals surface area contributed by atoms with Crippen molar-refractivity contribution in [2.75, 3.05) is 0 Å². The third-order valence-electron chi connectivity index (χ3n) is 4.42. The van der Waals surface area contributed by atoms with E-state index in [1.165, 1.54) is 34.4 Å². The zero-order chi connectivity index (χ0) is 20.4. The van der Waals surface area contributed by atoms with Crippen LogP contribution < -0.4 is 0 Å². The number of allylic oxidation sites excluding steroid dienone is 4. The van der Waals surface area contributed by atoms with Crippen LogP contribution in [0.1, 0.15) is 47.0 Å². The SMILES string of the molecule is CC(C)C[C](=[Zr+2])CC(C)C.[C-]1=CC=CC1.c1ccc2c(c1)[cH-]c1ccccc12. The summed E-state index contributed by atoms with van der Waals surface area (Å²) in [5.74, 6) is 1.71. The number of hydrogen-bond acceptors (Lipinski definition) is 0. The summed E-state index contributed by atoms with van der Waals surface area (Å²) in [5.41, 5.74) is 0. The normalized spacial score (nSPS) is 12.3. The molecule has 0 aliphatic heterocycles. The maximum absolute atomic E-state index is 2.99. The van der Waals surface area contributed by atoms with Gasteiger partial charge in [-0.15, -0.1) is 46.2 Å². The van der Waals surface area contributed by atoms with Gasteiger partial charge in [0.15, 0.2) is 0 Å². The Bertz CT molecular complexity index is 849. The molecule has 0 unspecified atom stereocenters. The minimum Gasteiger partial charge on any atom is -0.273 e. The van der Waals surface area contributed by atoms with Gasteiger partial charge in [-0.3, -0.25) is 6.08 Å². The van der Waals surface area contributed by atoms with Crippen LogP contribution in [0.5, 0.6) is 0 Å². The minimum absolute atomic E-state index is 0.855. The Morgan fingerprint density at radius 2 is 1.39 bits per heavy atom. The monoisotopic (exact) mass is 446 g/mol. The van der Waals surface area contributed by atoms with E-state index < -0.39 is 0 Å². The number of benzene rings is 2. The van der Waals surface area contributed by atoms with Crippen molar-refractivity contribution in [1.29, 1.82) is 0 Å². The first-order valence-electron chi connectivity index (χ1n) is 10.3. The second kappa shape index (κ2) is 12.2. The van der Waals surface area contributed by atoms with Crippen molar-refractivity contribution in [3.05, 3.63) is 78.9 Å². The molecular weight excluding hydrogens is 416 g/mol. The van der Waals surface area contributed by atoms with Crippen LogP contribution in [-0.4, -0.2) is 3.21 Å². The second-order valence-electron chi connectivity index (χ2n) is 8.12. The van der Waals surface area contributed by atoms with E-state index in [9.17, 15) is 0 Å². The fraction of sp³-hybridized carbons (Fsp3) is 0.333. The Hall–Kier alpha value is -1.46. The Morgan fingerprint density at radius 3 is 1.75 bits per heavy atom. The van der Waals surface area contributed by atoms with Crippen molar-refractivity contribution in [3.63, 3.8) is 0 Å². The molecule has 0 nitrogen and oxygen atoms in total. The molecule has 1 aliphatic carbocycles. The summed E-state index contributed by atoms with van der Waals surface area (Å²) in [7, 11) is 0. The second-order valence-corrected chi connectivity index (χ2v) is 9.86. The molecule has 1 heteroatoms. The molecule has 0 spiro atoms. The first-order valence-corrected chi connectivity index (χ1v) is 11.5. The molecule has 144 valence electrons. The molecule has 0 aromatic heterocycles. The molecular formula is C27H32Zr. The van der Waals surface area contributed by atoms with Crippen LogP contribution in [0.4, 0.5) is 0 Å². The average molecular weight is 448 g/mol. The molecule has 0 bridgehead atoms. The predicted octanol–water partition coefficient (Wildman–Crippen LogP) is 7.82. The molecule has 4 rings (SSSR count). The maximum Gasteiger partial charge on any atom is -0.0771 e. The summed E-state index contributed by atoms with van der Waals surface area (Å²) in [5, 5.41) is 5.39. The van der Waals surface area contributed by atoms with Gasteiger partial charge in [0.25, 0.3) is 0 Å². The van der Waals surface area contributed by atoms with Gasteiger partial charge in [-0.1, -0.05) is 36.4 Å². The van der Waals surface area contributed by atoms with Crippen LogP contribution >= 0.6 is 0 Å². The van der Waals surface area contributed by atoms with Gasteiger partial charge in [0.2, 0.25) is 0 Å². The molecule has 0 heterocycles. The summed E-state index contributed by atoms with van der Waals surface area (Å²) < 4.78 is 1.75. The van der Waals surface area contributed by atoms with Gasteiger partial charge in [-0.2, -0.15) is 6.08 Å². The predicted molar refractivity (Wildman–Crippen MR) is 123 cm³/mol. The maximum atomic E-state index is 2.99. The van der Waals surface area contributed by atoms with Crippen molar-refractivity contribution < 1.29 is 24.2 Å². The molecule has 0 N–H and O–H groups in total. The molecule has 0 saturated carbocycles. The molecule has 0 atom stereocenters. The molecule has 3 aromatic rings. The summed E-state index contributed by atoms with van der Waals surface area (Å²) in [6, 6.07) is 19.3. The molecule has 3 aromatic carbocycles. The Balaban J connectivity index is 0.000000166. The van der Waals surface area contributed by atoms with Crippen molar-refractivity contribution in [2.24, 2.45) is 11.8 Å². The van der Waals surface area contributed by atoms with E-state index in [2.05, 4.69) is 94.4 Å². The largest absolute Gasteiger partial charge is 0.273 e. The Morgan fingerprint density at radius 1 is 0.893 bits per heavy atom. The third kappa shape index (κ3) is 7.88. The Kier molecular flexibility index (Phi) is 9.93. The fourth-order valence-electron chi connectivity index (χ4n) is 3.31. The number of rotatable bonds is 4. The smallest absolute Gasteiger partial charge is 0.0771 e. The molecule has 0 radical (unpaired) electrons. The quantitative estimate of drug-likeness (QED) is 0.358. The van der Waals surface area contributed by atoms with Gasteiger partial charge in [0.1, 0.15) is 0 Å². The topological polar surface area (TPSA) is 0 Å². The van der Waals surface area contributed by atoms with E-state index in [4.69, 9.17) is 0 Å². The zero-order valence-electron chi connectivity index (χ0n) is 17.7. The third-order valence-corrected chi connectivity index (χ3v) is 5.42. The van der Waals surface area contributed by atoms with Gasteiger partial charge in [-0.05, 0) is 0 Å². The van der Waals surface area contributed by atoms with Gasteiger partial charge in [-0.25, -0.2) is 12.2 Å². The van der Waals surface area contributed by atoms with Crippen molar-refractivity contribution >= 4 is 24.8 Å². The van der Waals surface area contributed by atoms with Gasteiger partial charge in [0.05, 0.1) is 0 Å². The van der Waals surface area contributed by atoms with E-state index in [-0.39, 0.29) is 0 Å². The van der Waals surface area contributed by atoms with E-state index in [1.54, 1.807) is 27.4 Å². The van der Waals surface area contributed by atoms with Crippen molar-refractivity contribution in [2.45, 2.75) is 47.0 Å². The number of hydrogen-bond donors (Lipinski definition) is 0. The van der Waals surface area contributed by atoms with E-state index in [0.29, 0.717) is 0 Å².